The lowest BCUT2D eigenvalue weighted by Gasteiger charge is -2.14. The highest BCUT2D eigenvalue weighted by atomic mass is 32.2. The maximum Gasteiger partial charge on any atom is 0.293 e. The topological polar surface area (TPSA) is 84.9 Å². The molecule has 196 valence electrons. The minimum atomic E-state index is -0.496. The molecule has 0 unspecified atom stereocenters. The van der Waals surface area contributed by atoms with Crippen LogP contribution >= 0.6 is 11.8 Å². The van der Waals surface area contributed by atoms with E-state index >= 15 is 0 Å². The number of hydrogen-bond acceptors (Lipinski definition) is 6. The first-order valence-electron chi connectivity index (χ1n) is 12.0. The number of halogens is 1. The van der Waals surface area contributed by atoms with Crippen LogP contribution in [0.5, 0.6) is 11.5 Å². The van der Waals surface area contributed by atoms with Gasteiger partial charge in [-0.3, -0.25) is 19.3 Å². The summed E-state index contributed by atoms with van der Waals surface area (Å²) in [6.45, 7) is 5.67. The third-order valence-electron chi connectivity index (χ3n) is 5.75. The van der Waals surface area contributed by atoms with Crippen molar-refractivity contribution in [2.75, 3.05) is 18.5 Å². The van der Waals surface area contributed by atoms with E-state index in [1.54, 1.807) is 36.4 Å². The first-order valence-corrected chi connectivity index (χ1v) is 12.8. The summed E-state index contributed by atoms with van der Waals surface area (Å²) in [6.07, 6.45) is 1.58. The van der Waals surface area contributed by atoms with E-state index in [4.69, 9.17) is 9.47 Å². The fraction of sp³-hybridized carbons (Fsp3) is 0.207. The molecule has 7 nitrogen and oxygen atoms in total. The van der Waals surface area contributed by atoms with Crippen molar-refractivity contribution in [2.45, 2.75) is 27.3 Å². The number of nitrogens with one attached hydrogen (secondary N) is 1. The molecule has 3 amide bonds. The number of carbonyl (C=O) groups excluding carboxylic acids is 3. The highest BCUT2D eigenvalue weighted by Crippen LogP contribution is 2.35. The molecule has 1 N–H and O–H groups in total. The summed E-state index contributed by atoms with van der Waals surface area (Å²) in [5.41, 5.74) is 3.57. The number of amides is 3. The molecule has 38 heavy (non-hydrogen) atoms. The molecule has 1 heterocycles. The van der Waals surface area contributed by atoms with Crippen molar-refractivity contribution < 1.29 is 28.2 Å². The van der Waals surface area contributed by atoms with Crippen molar-refractivity contribution >= 4 is 40.6 Å². The predicted molar refractivity (Wildman–Crippen MR) is 146 cm³/mol. The lowest BCUT2D eigenvalue weighted by Crippen LogP contribution is -2.27. The molecule has 0 bridgehead atoms. The molecule has 0 aliphatic carbocycles. The zero-order valence-electron chi connectivity index (χ0n) is 21.2. The van der Waals surface area contributed by atoms with E-state index < -0.39 is 17.0 Å². The summed E-state index contributed by atoms with van der Waals surface area (Å²) < 4.78 is 25.4. The molecule has 1 aliphatic heterocycles. The second-order valence-corrected chi connectivity index (χ2v) is 9.65. The van der Waals surface area contributed by atoms with Crippen molar-refractivity contribution in [3.05, 3.63) is 93.6 Å². The molecule has 0 aromatic heterocycles. The van der Waals surface area contributed by atoms with Gasteiger partial charge in [0.25, 0.3) is 17.1 Å². The van der Waals surface area contributed by atoms with Gasteiger partial charge in [-0.2, -0.15) is 0 Å². The molecule has 0 saturated carbocycles. The first kappa shape index (κ1) is 26.9. The van der Waals surface area contributed by atoms with Crippen LogP contribution in [0.3, 0.4) is 0 Å². The SMILES string of the molecule is CCOc1cc(/C=C2\SC(=O)N(Cc3ccccc3F)C2=O)ccc1OCC(=O)Nc1cc(C)ccc1C. The number of aryl methyl sites for hydroxylation is 2. The normalized spacial score (nSPS) is 14.2. The van der Waals surface area contributed by atoms with Crippen molar-refractivity contribution in [3.63, 3.8) is 0 Å². The predicted octanol–water partition coefficient (Wildman–Crippen LogP) is 6.10. The van der Waals surface area contributed by atoms with Gasteiger partial charge in [0.2, 0.25) is 0 Å². The minimum Gasteiger partial charge on any atom is -0.490 e. The van der Waals surface area contributed by atoms with E-state index in [1.807, 2.05) is 39.0 Å². The van der Waals surface area contributed by atoms with Gasteiger partial charge in [0, 0.05) is 11.3 Å². The Morgan fingerprint density at radius 1 is 1.03 bits per heavy atom. The van der Waals surface area contributed by atoms with E-state index in [1.165, 1.54) is 12.1 Å². The van der Waals surface area contributed by atoms with Gasteiger partial charge in [0.05, 0.1) is 18.1 Å². The van der Waals surface area contributed by atoms with Gasteiger partial charge < -0.3 is 14.8 Å². The van der Waals surface area contributed by atoms with Crippen LogP contribution in [0.2, 0.25) is 0 Å². The quantitative estimate of drug-likeness (QED) is 0.334. The molecule has 9 heteroatoms. The molecule has 1 saturated heterocycles. The molecule has 3 aromatic rings. The molecule has 0 atom stereocenters. The van der Waals surface area contributed by atoms with Gasteiger partial charge >= 0.3 is 0 Å². The molecule has 1 fully saturated rings. The van der Waals surface area contributed by atoms with Crippen molar-refractivity contribution in [3.8, 4) is 11.5 Å². The van der Waals surface area contributed by atoms with Gasteiger partial charge in [-0.15, -0.1) is 0 Å². The van der Waals surface area contributed by atoms with Crippen molar-refractivity contribution in [1.29, 1.82) is 0 Å². The van der Waals surface area contributed by atoms with Gasteiger partial charge in [0.1, 0.15) is 5.82 Å². The number of hydrogen-bond donors (Lipinski definition) is 1. The van der Waals surface area contributed by atoms with Crippen LogP contribution in [0.25, 0.3) is 6.08 Å². The Balaban J connectivity index is 1.45. The van der Waals surface area contributed by atoms with Crippen LogP contribution in [0, 0.1) is 19.7 Å². The van der Waals surface area contributed by atoms with Crippen LogP contribution < -0.4 is 14.8 Å². The Bertz CT molecular complexity index is 1420. The van der Waals surface area contributed by atoms with E-state index in [0.29, 0.717) is 23.7 Å². The summed E-state index contributed by atoms with van der Waals surface area (Å²) in [4.78, 5) is 39.1. The number of carbonyl (C=O) groups is 3. The zero-order chi connectivity index (χ0) is 27.2. The number of imide groups is 1. The summed E-state index contributed by atoms with van der Waals surface area (Å²) in [6, 6.07) is 16.9. The fourth-order valence-electron chi connectivity index (χ4n) is 3.79. The molecular formula is C29H27FN2O5S. The Labute approximate surface area is 224 Å². The third-order valence-corrected chi connectivity index (χ3v) is 6.66. The van der Waals surface area contributed by atoms with E-state index in [9.17, 15) is 18.8 Å². The standard InChI is InChI=1S/C29H27FN2O5S/c1-4-36-25-14-20(11-12-24(25)37-17-27(33)31-23-13-18(2)9-10-19(23)3)15-26-28(34)32(29(35)38-26)16-21-7-5-6-8-22(21)30/h5-15H,4,16-17H2,1-3H3,(H,31,33)/b26-15-. The van der Waals surface area contributed by atoms with Crippen LogP contribution in [-0.2, 0) is 16.1 Å². The zero-order valence-corrected chi connectivity index (χ0v) is 22.1. The molecule has 1 aliphatic rings. The highest BCUT2D eigenvalue weighted by Gasteiger charge is 2.35. The largest absolute Gasteiger partial charge is 0.490 e. The van der Waals surface area contributed by atoms with Crippen LogP contribution in [0.1, 0.15) is 29.2 Å². The smallest absolute Gasteiger partial charge is 0.293 e. The average molecular weight is 535 g/mol. The highest BCUT2D eigenvalue weighted by molar-refractivity contribution is 8.18. The maximum atomic E-state index is 14.0. The summed E-state index contributed by atoms with van der Waals surface area (Å²) in [5.74, 6) is -0.521. The van der Waals surface area contributed by atoms with Crippen LogP contribution in [0.15, 0.2) is 65.6 Å². The van der Waals surface area contributed by atoms with E-state index in [2.05, 4.69) is 5.32 Å². The van der Waals surface area contributed by atoms with Crippen molar-refractivity contribution in [1.82, 2.24) is 4.90 Å². The van der Waals surface area contributed by atoms with Crippen molar-refractivity contribution in [2.24, 2.45) is 0 Å². The molecule has 0 spiro atoms. The second kappa shape index (κ2) is 12.0. The van der Waals surface area contributed by atoms with Gasteiger partial charge in [-0.25, -0.2) is 4.39 Å². The number of thioether (sulfide) groups is 1. The Kier molecular flexibility index (Phi) is 8.48. The van der Waals surface area contributed by atoms with Gasteiger partial charge in [-0.1, -0.05) is 36.4 Å². The number of ether oxygens (including phenoxy) is 2. The average Bonchev–Trinajstić information content (AvgIpc) is 3.14. The van der Waals surface area contributed by atoms with Crippen LogP contribution in [-0.4, -0.2) is 35.2 Å². The summed E-state index contributed by atoms with van der Waals surface area (Å²) in [5, 5.41) is 2.38. The number of rotatable bonds is 9. The lowest BCUT2D eigenvalue weighted by molar-refractivity contribution is -0.123. The summed E-state index contributed by atoms with van der Waals surface area (Å²) in [7, 11) is 0. The van der Waals surface area contributed by atoms with E-state index in [0.717, 1.165) is 33.5 Å². The van der Waals surface area contributed by atoms with Crippen LogP contribution in [0.4, 0.5) is 14.9 Å². The Morgan fingerprint density at radius 3 is 2.58 bits per heavy atom. The van der Waals surface area contributed by atoms with E-state index in [-0.39, 0.29) is 29.5 Å². The number of anilines is 1. The second-order valence-electron chi connectivity index (χ2n) is 8.65. The minimum absolute atomic E-state index is 0.143. The molecule has 4 rings (SSSR count). The number of nitrogens with zero attached hydrogens (tertiary/aromatic N) is 1. The molecule has 0 radical (unpaired) electrons. The number of benzene rings is 3. The summed E-state index contributed by atoms with van der Waals surface area (Å²) >= 11 is 0.793. The fourth-order valence-corrected chi connectivity index (χ4v) is 4.63. The Hall–Kier alpha value is -4.11. The Morgan fingerprint density at radius 2 is 1.82 bits per heavy atom. The maximum absolute atomic E-state index is 14.0. The first-order chi connectivity index (χ1) is 18.2. The molecular weight excluding hydrogens is 507 g/mol. The van der Waals surface area contributed by atoms with Gasteiger partial charge in [-0.05, 0) is 79.6 Å². The lowest BCUT2D eigenvalue weighted by atomic mass is 10.1. The monoisotopic (exact) mass is 534 g/mol. The molecule has 3 aromatic carbocycles. The third kappa shape index (κ3) is 6.41. The van der Waals surface area contributed by atoms with Gasteiger partial charge in [0.15, 0.2) is 18.1 Å².